The van der Waals surface area contributed by atoms with Gasteiger partial charge in [0.25, 0.3) is 0 Å². The molecule has 176 valence electrons. The van der Waals surface area contributed by atoms with Crippen molar-refractivity contribution in [3.8, 4) is 6.07 Å². The maximum atomic E-state index is 13.4. The number of nitrogens with zero attached hydrogens (tertiary/aromatic N) is 2. The van der Waals surface area contributed by atoms with Crippen molar-refractivity contribution in [1.29, 1.82) is 5.26 Å². The summed E-state index contributed by atoms with van der Waals surface area (Å²) in [7, 11) is 0. The molecule has 0 fully saturated rings. The molecule has 3 amide bonds. The largest absolute Gasteiger partial charge is 0.444 e. The number of carbonyl (C=O) groups is 3. The molecule has 2 unspecified atom stereocenters. The Balaban J connectivity index is 3.34. The molecular formula is C23H34N4O4S. The first-order valence-corrected chi connectivity index (χ1v) is 11.0. The van der Waals surface area contributed by atoms with Crippen LogP contribution >= 0.6 is 12.6 Å². The molecule has 0 aliphatic carbocycles. The van der Waals surface area contributed by atoms with Crippen molar-refractivity contribution < 1.29 is 19.1 Å². The molecular weight excluding hydrogens is 428 g/mol. The average Bonchev–Trinajstić information content (AvgIpc) is 2.63. The maximum Gasteiger partial charge on any atom is 0.408 e. The van der Waals surface area contributed by atoms with Gasteiger partial charge in [-0.15, -0.1) is 0 Å². The lowest BCUT2D eigenvalue weighted by Crippen LogP contribution is -2.55. The number of ether oxygens (including phenoxy) is 1. The monoisotopic (exact) mass is 462 g/mol. The quantitative estimate of drug-likeness (QED) is 0.426. The number of amides is 3. The number of carbonyl (C=O) groups excluding carboxylic acids is 3. The predicted octanol–water partition coefficient (Wildman–Crippen LogP) is 3.13. The van der Waals surface area contributed by atoms with Gasteiger partial charge >= 0.3 is 6.09 Å². The van der Waals surface area contributed by atoms with Crippen LogP contribution in [0.1, 0.15) is 58.7 Å². The van der Waals surface area contributed by atoms with E-state index in [0.29, 0.717) is 5.56 Å². The fraction of sp³-hybridized carbons (Fsp3) is 0.565. The molecule has 0 aliphatic rings. The van der Waals surface area contributed by atoms with E-state index in [1.54, 1.807) is 32.9 Å². The van der Waals surface area contributed by atoms with E-state index in [2.05, 4.69) is 23.3 Å². The van der Waals surface area contributed by atoms with E-state index in [0.717, 1.165) is 10.5 Å². The van der Waals surface area contributed by atoms with Crippen molar-refractivity contribution in [3.63, 3.8) is 0 Å². The molecule has 0 saturated carbocycles. The van der Waals surface area contributed by atoms with Crippen molar-refractivity contribution in [2.45, 2.75) is 71.7 Å². The minimum atomic E-state index is -1.09. The minimum absolute atomic E-state index is 0.0402. The third-order valence-corrected chi connectivity index (χ3v) is 4.51. The summed E-state index contributed by atoms with van der Waals surface area (Å²) >= 11 is 4.19. The van der Waals surface area contributed by atoms with Crippen LogP contribution in [0.3, 0.4) is 0 Å². The highest BCUT2D eigenvalue weighted by molar-refractivity contribution is 7.80. The number of benzene rings is 1. The van der Waals surface area contributed by atoms with Gasteiger partial charge in [0.2, 0.25) is 11.8 Å². The van der Waals surface area contributed by atoms with Gasteiger partial charge in [0.05, 0.1) is 6.07 Å². The van der Waals surface area contributed by atoms with E-state index in [-0.39, 0.29) is 12.3 Å². The first-order valence-electron chi connectivity index (χ1n) is 10.3. The fourth-order valence-corrected chi connectivity index (χ4v) is 3.12. The Kier molecular flexibility index (Phi) is 9.58. The second-order valence-electron chi connectivity index (χ2n) is 9.56. The number of nitrogens with one attached hydrogen (secondary N) is 2. The SMILES string of the molecule is Cc1ccc(C(C(=O)NC(C)(C)C)N(CC#N)C(=O)C(CS)NC(=O)OC(C)(C)C)cc1. The number of hydrogen-bond donors (Lipinski definition) is 3. The molecule has 9 heteroatoms. The lowest BCUT2D eigenvalue weighted by Gasteiger charge is -2.34. The summed E-state index contributed by atoms with van der Waals surface area (Å²) in [4.78, 5) is 40.0. The van der Waals surface area contributed by atoms with Gasteiger partial charge in [-0.2, -0.15) is 17.9 Å². The highest BCUT2D eigenvalue weighted by Crippen LogP contribution is 2.24. The van der Waals surface area contributed by atoms with Gasteiger partial charge in [-0.05, 0) is 54.0 Å². The van der Waals surface area contributed by atoms with E-state index in [1.807, 2.05) is 45.9 Å². The Bertz CT molecular complexity index is 851. The van der Waals surface area contributed by atoms with Crippen LogP contribution in [0.15, 0.2) is 24.3 Å². The summed E-state index contributed by atoms with van der Waals surface area (Å²) in [6.45, 7) is 12.2. The second-order valence-corrected chi connectivity index (χ2v) is 9.92. The van der Waals surface area contributed by atoms with Gasteiger partial charge in [0, 0.05) is 11.3 Å². The Morgan fingerprint density at radius 3 is 2.12 bits per heavy atom. The highest BCUT2D eigenvalue weighted by atomic mass is 32.1. The molecule has 2 atom stereocenters. The van der Waals surface area contributed by atoms with Gasteiger partial charge in [0.15, 0.2) is 0 Å². The summed E-state index contributed by atoms with van der Waals surface area (Å²) in [5, 5.41) is 14.8. The van der Waals surface area contributed by atoms with Gasteiger partial charge in [-0.3, -0.25) is 9.59 Å². The van der Waals surface area contributed by atoms with Crippen LogP contribution in [0.25, 0.3) is 0 Å². The fourth-order valence-electron chi connectivity index (χ4n) is 2.87. The molecule has 32 heavy (non-hydrogen) atoms. The summed E-state index contributed by atoms with van der Waals surface area (Å²) in [5.74, 6) is -1.08. The van der Waals surface area contributed by atoms with Crippen LogP contribution in [0.4, 0.5) is 4.79 Å². The molecule has 0 aliphatic heterocycles. The number of thiol groups is 1. The third-order valence-electron chi connectivity index (χ3n) is 4.15. The standard InChI is InChI=1S/C23H34N4O4S/c1-15-8-10-16(11-9-15)18(19(28)26-22(2,3)4)27(13-12-24)20(29)17(14-32)25-21(30)31-23(5,6)7/h8-11,17-18,32H,13-14H2,1-7H3,(H,25,30)(H,26,28). The summed E-state index contributed by atoms with van der Waals surface area (Å²) in [5.41, 5.74) is 0.231. The summed E-state index contributed by atoms with van der Waals surface area (Å²) in [6, 6.07) is 6.96. The molecule has 0 heterocycles. The predicted molar refractivity (Wildman–Crippen MR) is 126 cm³/mol. The second kappa shape index (κ2) is 11.2. The van der Waals surface area contributed by atoms with Crippen LogP contribution in [-0.2, 0) is 14.3 Å². The maximum absolute atomic E-state index is 13.4. The Morgan fingerprint density at radius 2 is 1.69 bits per heavy atom. The van der Waals surface area contributed by atoms with E-state index in [1.165, 1.54) is 0 Å². The molecule has 0 radical (unpaired) electrons. The van der Waals surface area contributed by atoms with E-state index >= 15 is 0 Å². The molecule has 0 bridgehead atoms. The smallest absolute Gasteiger partial charge is 0.408 e. The van der Waals surface area contributed by atoms with Crippen molar-refractivity contribution >= 4 is 30.5 Å². The third kappa shape index (κ3) is 8.79. The zero-order valence-corrected chi connectivity index (χ0v) is 20.7. The minimum Gasteiger partial charge on any atom is -0.444 e. The van der Waals surface area contributed by atoms with Gasteiger partial charge in [0.1, 0.15) is 24.2 Å². The first kappa shape index (κ1) is 27.3. The Labute approximate surface area is 196 Å². The number of nitriles is 1. The van der Waals surface area contributed by atoms with Gasteiger partial charge in [-0.25, -0.2) is 4.79 Å². The lowest BCUT2D eigenvalue weighted by atomic mass is 10.00. The number of alkyl carbamates (subject to hydrolysis) is 1. The van der Waals surface area contributed by atoms with E-state index in [4.69, 9.17) is 4.74 Å². The molecule has 0 spiro atoms. The lowest BCUT2D eigenvalue weighted by molar-refractivity contribution is -0.141. The van der Waals surface area contributed by atoms with Crippen LogP contribution in [0.5, 0.6) is 0 Å². The molecule has 1 rings (SSSR count). The van der Waals surface area contributed by atoms with Crippen LogP contribution in [0.2, 0.25) is 0 Å². The summed E-state index contributed by atoms with van der Waals surface area (Å²) in [6.07, 6.45) is -0.784. The zero-order valence-electron chi connectivity index (χ0n) is 19.9. The van der Waals surface area contributed by atoms with Gasteiger partial charge < -0.3 is 20.3 Å². The Hall–Kier alpha value is -2.73. The molecule has 2 N–H and O–H groups in total. The van der Waals surface area contributed by atoms with E-state index < -0.39 is 41.1 Å². The van der Waals surface area contributed by atoms with Crippen LogP contribution in [0, 0.1) is 18.3 Å². The summed E-state index contributed by atoms with van der Waals surface area (Å²) < 4.78 is 5.23. The molecule has 1 aromatic rings. The molecule has 0 saturated heterocycles. The van der Waals surface area contributed by atoms with Crippen molar-refractivity contribution in [3.05, 3.63) is 35.4 Å². The Morgan fingerprint density at radius 1 is 1.12 bits per heavy atom. The van der Waals surface area contributed by atoms with E-state index in [9.17, 15) is 19.6 Å². The topological polar surface area (TPSA) is 112 Å². The molecule has 0 aromatic heterocycles. The highest BCUT2D eigenvalue weighted by Gasteiger charge is 2.36. The van der Waals surface area contributed by atoms with Crippen molar-refractivity contribution in [2.75, 3.05) is 12.3 Å². The number of hydrogen-bond acceptors (Lipinski definition) is 6. The van der Waals surface area contributed by atoms with Crippen molar-refractivity contribution in [1.82, 2.24) is 15.5 Å². The number of rotatable bonds is 7. The molecule has 1 aromatic carbocycles. The van der Waals surface area contributed by atoms with Gasteiger partial charge in [-0.1, -0.05) is 29.8 Å². The average molecular weight is 463 g/mol. The van der Waals surface area contributed by atoms with Crippen LogP contribution < -0.4 is 10.6 Å². The van der Waals surface area contributed by atoms with Crippen molar-refractivity contribution in [2.24, 2.45) is 0 Å². The number of aryl methyl sites for hydroxylation is 1. The normalized spacial score (nSPS) is 13.3. The van der Waals surface area contributed by atoms with Crippen LogP contribution in [-0.4, -0.2) is 52.3 Å². The zero-order chi connectivity index (χ0) is 24.7. The molecule has 8 nitrogen and oxygen atoms in total. The first-order chi connectivity index (χ1) is 14.7.